The van der Waals surface area contributed by atoms with Crippen LogP contribution in [0.5, 0.6) is 0 Å². The predicted octanol–water partition coefficient (Wildman–Crippen LogP) is 3.00. The number of hydrogen-bond acceptors (Lipinski definition) is 4. The average Bonchev–Trinajstić information content (AvgIpc) is 2.66. The van der Waals surface area contributed by atoms with Crippen LogP contribution in [0.15, 0.2) is 70.5 Å². The minimum Gasteiger partial charge on any atom is -0.355 e. The number of nitrogens with zero attached hydrogens (tertiary/aromatic N) is 1. The van der Waals surface area contributed by atoms with Gasteiger partial charge >= 0.3 is 0 Å². The van der Waals surface area contributed by atoms with E-state index in [1.165, 1.54) is 16.2 Å². The van der Waals surface area contributed by atoms with Crippen LogP contribution < -0.4 is 5.32 Å². The molecule has 0 saturated heterocycles. The van der Waals surface area contributed by atoms with E-state index in [9.17, 15) is 13.2 Å². The Bertz CT molecular complexity index is 781. The van der Waals surface area contributed by atoms with E-state index in [-0.39, 0.29) is 10.8 Å². The summed E-state index contributed by atoms with van der Waals surface area (Å²) in [6, 6.07) is 18.3. The van der Waals surface area contributed by atoms with E-state index in [1.54, 1.807) is 42.1 Å². The lowest BCUT2D eigenvalue weighted by Gasteiger charge is -2.17. The van der Waals surface area contributed by atoms with Crippen LogP contribution in [0, 0.1) is 0 Å². The Kier molecular flexibility index (Phi) is 8.15. The number of benzene rings is 2. The Morgan fingerprint density at radius 1 is 1.04 bits per heavy atom. The number of nitrogens with one attached hydrogen (secondary N) is 1. The Morgan fingerprint density at radius 2 is 1.65 bits per heavy atom. The van der Waals surface area contributed by atoms with E-state index in [2.05, 4.69) is 5.32 Å². The SMILES string of the molecule is CN(CCCC(=O)NCCSc1ccccc1)S(=O)(=O)c1ccccc1. The van der Waals surface area contributed by atoms with Crippen LogP contribution in [-0.4, -0.2) is 44.5 Å². The molecule has 26 heavy (non-hydrogen) atoms. The number of carbonyl (C=O) groups excluding carboxylic acids is 1. The molecule has 0 bridgehead atoms. The molecule has 0 saturated carbocycles. The quantitative estimate of drug-likeness (QED) is 0.499. The van der Waals surface area contributed by atoms with Crippen molar-refractivity contribution in [1.82, 2.24) is 9.62 Å². The smallest absolute Gasteiger partial charge is 0.242 e. The number of carbonyl (C=O) groups is 1. The monoisotopic (exact) mass is 392 g/mol. The van der Waals surface area contributed by atoms with E-state index in [4.69, 9.17) is 0 Å². The van der Waals surface area contributed by atoms with Crippen LogP contribution in [0.2, 0.25) is 0 Å². The van der Waals surface area contributed by atoms with Crippen molar-refractivity contribution in [2.45, 2.75) is 22.6 Å². The second kappa shape index (κ2) is 10.4. The maximum Gasteiger partial charge on any atom is 0.242 e. The Morgan fingerprint density at radius 3 is 2.31 bits per heavy atom. The summed E-state index contributed by atoms with van der Waals surface area (Å²) in [6.45, 7) is 0.903. The van der Waals surface area contributed by atoms with Crippen molar-refractivity contribution >= 4 is 27.7 Å². The highest BCUT2D eigenvalue weighted by molar-refractivity contribution is 7.99. The molecule has 2 aromatic rings. The zero-order valence-electron chi connectivity index (χ0n) is 14.8. The van der Waals surface area contributed by atoms with Crippen LogP contribution in [0.3, 0.4) is 0 Å². The fourth-order valence-electron chi connectivity index (χ4n) is 2.32. The zero-order valence-corrected chi connectivity index (χ0v) is 16.4. The van der Waals surface area contributed by atoms with Crippen molar-refractivity contribution in [3.8, 4) is 0 Å². The molecule has 0 spiro atoms. The molecule has 0 fully saturated rings. The first-order chi connectivity index (χ1) is 12.5. The third-order valence-electron chi connectivity index (χ3n) is 3.76. The van der Waals surface area contributed by atoms with E-state index >= 15 is 0 Å². The average molecular weight is 393 g/mol. The van der Waals surface area contributed by atoms with Crippen LogP contribution in [0.25, 0.3) is 0 Å². The van der Waals surface area contributed by atoms with Gasteiger partial charge < -0.3 is 5.32 Å². The highest BCUT2D eigenvalue weighted by Crippen LogP contribution is 2.16. The molecule has 7 heteroatoms. The Hall–Kier alpha value is -1.83. The summed E-state index contributed by atoms with van der Waals surface area (Å²) in [5, 5.41) is 2.87. The highest BCUT2D eigenvalue weighted by Gasteiger charge is 2.19. The van der Waals surface area contributed by atoms with Gasteiger partial charge in [0.1, 0.15) is 0 Å². The normalized spacial score (nSPS) is 11.5. The first kappa shape index (κ1) is 20.5. The van der Waals surface area contributed by atoms with Gasteiger partial charge in [-0.15, -0.1) is 11.8 Å². The molecule has 0 aliphatic heterocycles. The molecule has 0 atom stereocenters. The lowest BCUT2D eigenvalue weighted by Crippen LogP contribution is -2.30. The van der Waals surface area contributed by atoms with Crippen LogP contribution in [0.4, 0.5) is 0 Å². The van der Waals surface area contributed by atoms with Gasteiger partial charge in [0.25, 0.3) is 0 Å². The molecule has 5 nitrogen and oxygen atoms in total. The Balaban J connectivity index is 1.65. The van der Waals surface area contributed by atoms with Gasteiger partial charge in [0.15, 0.2) is 0 Å². The first-order valence-electron chi connectivity index (χ1n) is 8.46. The molecule has 1 N–H and O–H groups in total. The molecule has 2 aromatic carbocycles. The third-order valence-corrected chi connectivity index (χ3v) is 6.65. The summed E-state index contributed by atoms with van der Waals surface area (Å²) < 4.78 is 26.0. The summed E-state index contributed by atoms with van der Waals surface area (Å²) in [5.74, 6) is 0.752. The maximum atomic E-state index is 12.4. The molecule has 0 heterocycles. The molecule has 2 rings (SSSR count). The predicted molar refractivity (Wildman–Crippen MR) is 106 cm³/mol. The van der Waals surface area contributed by atoms with Crippen molar-refractivity contribution in [3.05, 3.63) is 60.7 Å². The van der Waals surface area contributed by atoms with E-state index < -0.39 is 10.0 Å². The second-order valence-corrected chi connectivity index (χ2v) is 8.97. The second-order valence-electron chi connectivity index (χ2n) is 5.75. The summed E-state index contributed by atoms with van der Waals surface area (Å²) >= 11 is 1.69. The minimum atomic E-state index is -3.49. The van der Waals surface area contributed by atoms with Crippen molar-refractivity contribution in [3.63, 3.8) is 0 Å². The summed E-state index contributed by atoms with van der Waals surface area (Å²) in [6.07, 6.45) is 0.797. The summed E-state index contributed by atoms with van der Waals surface area (Å²) in [4.78, 5) is 13.3. The molecule has 0 radical (unpaired) electrons. The number of hydrogen-bond donors (Lipinski definition) is 1. The number of rotatable bonds is 10. The first-order valence-corrected chi connectivity index (χ1v) is 10.9. The Labute approximate surface area is 159 Å². The number of amides is 1. The van der Waals surface area contributed by atoms with Crippen molar-refractivity contribution < 1.29 is 13.2 Å². The standard InChI is InChI=1S/C19H24N2O3S2/c1-21(26(23,24)18-11-6-3-7-12-18)15-8-13-19(22)20-14-16-25-17-9-4-2-5-10-17/h2-7,9-12H,8,13-16H2,1H3,(H,20,22). The van der Waals surface area contributed by atoms with Crippen LogP contribution in [-0.2, 0) is 14.8 Å². The van der Waals surface area contributed by atoms with Gasteiger partial charge in [-0.1, -0.05) is 36.4 Å². The lowest BCUT2D eigenvalue weighted by atomic mass is 10.3. The summed E-state index contributed by atoms with van der Waals surface area (Å²) in [5.41, 5.74) is 0. The molecule has 0 aliphatic rings. The van der Waals surface area contributed by atoms with Crippen LogP contribution in [0.1, 0.15) is 12.8 Å². The maximum absolute atomic E-state index is 12.4. The van der Waals surface area contributed by atoms with Gasteiger partial charge in [0.05, 0.1) is 4.90 Å². The number of sulfonamides is 1. The van der Waals surface area contributed by atoms with Gasteiger partial charge in [0.2, 0.25) is 15.9 Å². The van der Waals surface area contributed by atoms with E-state index in [0.717, 1.165) is 5.75 Å². The fraction of sp³-hybridized carbons (Fsp3) is 0.316. The molecule has 140 valence electrons. The fourth-order valence-corrected chi connectivity index (χ4v) is 4.34. The zero-order chi connectivity index (χ0) is 18.8. The van der Waals surface area contributed by atoms with Crippen LogP contribution >= 0.6 is 11.8 Å². The molecule has 0 aliphatic carbocycles. The largest absolute Gasteiger partial charge is 0.355 e. The molecular weight excluding hydrogens is 368 g/mol. The van der Waals surface area contributed by atoms with Crippen molar-refractivity contribution in [2.24, 2.45) is 0 Å². The molecule has 0 unspecified atom stereocenters. The third kappa shape index (κ3) is 6.48. The minimum absolute atomic E-state index is 0.0517. The van der Waals surface area contributed by atoms with Gasteiger partial charge in [-0.25, -0.2) is 12.7 Å². The van der Waals surface area contributed by atoms with Gasteiger partial charge in [-0.05, 0) is 30.7 Å². The van der Waals surface area contributed by atoms with Gasteiger partial charge in [-0.2, -0.15) is 0 Å². The molecular formula is C19H24N2O3S2. The van der Waals surface area contributed by atoms with E-state index in [0.29, 0.717) is 25.9 Å². The van der Waals surface area contributed by atoms with Crippen molar-refractivity contribution in [1.29, 1.82) is 0 Å². The topological polar surface area (TPSA) is 66.5 Å². The van der Waals surface area contributed by atoms with Gasteiger partial charge in [0, 0.05) is 37.2 Å². The highest BCUT2D eigenvalue weighted by atomic mass is 32.2. The van der Waals surface area contributed by atoms with Crippen molar-refractivity contribution in [2.75, 3.05) is 25.9 Å². The molecule has 1 amide bonds. The number of thioether (sulfide) groups is 1. The lowest BCUT2D eigenvalue weighted by molar-refractivity contribution is -0.121. The molecule has 0 aromatic heterocycles. The summed E-state index contributed by atoms with van der Waals surface area (Å²) in [7, 11) is -1.95. The van der Waals surface area contributed by atoms with Gasteiger partial charge in [-0.3, -0.25) is 4.79 Å². The van der Waals surface area contributed by atoms with E-state index in [1.807, 2.05) is 30.3 Å².